The number of anilines is 1. The Morgan fingerprint density at radius 2 is 1.79 bits per heavy atom. The van der Waals surface area contributed by atoms with Gasteiger partial charge in [0.25, 0.3) is 0 Å². The van der Waals surface area contributed by atoms with Gasteiger partial charge >= 0.3 is 0 Å². The van der Waals surface area contributed by atoms with E-state index in [1.165, 1.54) is 24.3 Å². The van der Waals surface area contributed by atoms with Crippen LogP contribution in [0.25, 0.3) is 0 Å². The lowest BCUT2D eigenvalue weighted by atomic mass is 9.72. The molecule has 1 amide bonds. The number of hydrogen-bond acceptors (Lipinski definition) is 6. The van der Waals surface area contributed by atoms with Crippen LogP contribution in [0.2, 0.25) is 0 Å². The first-order valence-electron chi connectivity index (χ1n) is 11.5. The number of amides is 1. The lowest BCUT2D eigenvalue weighted by Gasteiger charge is -2.46. The number of likely N-dealkylation sites (tertiary alicyclic amines) is 1. The van der Waals surface area contributed by atoms with Gasteiger partial charge in [-0.15, -0.1) is 0 Å². The molecule has 2 bridgehead atoms. The number of hydrogen-bond donors (Lipinski definition) is 1. The van der Waals surface area contributed by atoms with Crippen LogP contribution in [0.1, 0.15) is 24.8 Å². The molecule has 9 heteroatoms. The van der Waals surface area contributed by atoms with Crippen LogP contribution in [-0.4, -0.2) is 42.5 Å². The molecule has 0 aromatic heterocycles. The zero-order valence-corrected chi connectivity index (χ0v) is 19.2. The van der Waals surface area contributed by atoms with Gasteiger partial charge < -0.3 is 10.6 Å². The third-order valence-electron chi connectivity index (χ3n) is 7.90. The molecule has 0 radical (unpaired) electrons. The summed E-state index contributed by atoms with van der Waals surface area (Å²) < 4.78 is 39.5. The van der Waals surface area contributed by atoms with Gasteiger partial charge in [0.2, 0.25) is 5.91 Å². The zero-order chi connectivity index (χ0) is 23.8. The van der Waals surface area contributed by atoms with Gasteiger partial charge in [-0.25, -0.2) is 12.8 Å². The molecule has 0 spiro atoms. The van der Waals surface area contributed by atoms with E-state index < -0.39 is 27.4 Å². The van der Waals surface area contributed by atoms with Gasteiger partial charge in [0.05, 0.1) is 22.0 Å². The molecule has 4 aliphatic rings. The fraction of sp³-hybridized carbons (Fsp3) is 0.400. The third-order valence-corrected chi connectivity index (χ3v) is 9.57. The highest BCUT2D eigenvalue weighted by Gasteiger charge is 2.60. The van der Waals surface area contributed by atoms with Crippen LogP contribution in [-0.2, 0) is 26.0 Å². The van der Waals surface area contributed by atoms with Gasteiger partial charge in [0.15, 0.2) is 15.6 Å². The number of sulfone groups is 1. The number of Topliss-reactive ketones (excluding diaryl/α,β-unsaturated/α-hetero) is 1. The molecule has 2 N–H and O–H groups in total. The van der Waals surface area contributed by atoms with Crippen molar-refractivity contribution in [1.29, 1.82) is 0 Å². The van der Waals surface area contributed by atoms with Gasteiger partial charge in [-0.05, 0) is 67.0 Å². The summed E-state index contributed by atoms with van der Waals surface area (Å²) in [6.07, 6.45) is 2.81. The minimum atomic E-state index is -3.80. The van der Waals surface area contributed by atoms with Crippen molar-refractivity contribution < 1.29 is 22.4 Å². The van der Waals surface area contributed by atoms with Crippen molar-refractivity contribution in [3.05, 3.63) is 53.8 Å². The highest BCUT2D eigenvalue weighted by Crippen LogP contribution is 2.54. The summed E-state index contributed by atoms with van der Waals surface area (Å²) in [4.78, 5) is 33.8. The Balaban J connectivity index is 1.42. The molecule has 1 saturated heterocycles. The monoisotopic (exact) mass is 481 g/mol. The number of carbonyl (C=O) groups excluding carboxylic acids is 2. The van der Waals surface area contributed by atoms with Crippen LogP contribution >= 0.6 is 0 Å². The van der Waals surface area contributed by atoms with E-state index in [4.69, 9.17) is 5.73 Å². The predicted molar refractivity (Wildman–Crippen MR) is 124 cm³/mol. The van der Waals surface area contributed by atoms with Crippen LogP contribution in [0.15, 0.2) is 52.4 Å². The molecule has 5 atom stereocenters. The number of nitrogen functional groups attached to an aromatic ring is 1. The number of carbonyl (C=O) groups is 2. The Morgan fingerprint density at radius 1 is 1.06 bits per heavy atom. The summed E-state index contributed by atoms with van der Waals surface area (Å²) >= 11 is 0. The fourth-order valence-corrected chi connectivity index (χ4v) is 8.02. The number of nitrogens with zero attached hydrogens (tertiary/aromatic N) is 2. The number of benzene rings is 2. The number of ketones is 1. The van der Waals surface area contributed by atoms with Crippen LogP contribution in [0.4, 0.5) is 15.8 Å². The van der Waals surface area contributed by atoms with Crippen LogP contribution < -0.4 is 5.73 Å². The van der Waals surface area contributed by atoms with Crippen molar-refractivity contribution in [2.45, 2.75) is 36.7 Å². The molecule has 176 valence electrons. The molecular weight excluding hydrogens is 457 g/mol. The summed E-state index contributed by atoms with van der Waals surface area (Å²) in [6, 6.07) is 10.2. The van der Waals surface area contributed by atoms with Crippen molar-refractivity contribution in [2.24, 2.45) is 28.7 Å². The summed E-state index contributed by atoms with van der Waals surface area (Å²) in [5, 5.41) is 0. The van der Waals surface area contributed by atoms with Gasteiger partial charge in [0, 0.05) is 24.2 Å². The highest BCUT2D eigenvalue weighted by molar-refractivity contribution is 7.92. The first-order chi connectivity index (χ1) is 16.2. The number of nitrogens with two attached hydrogens (primary N) is 1. The Kier molecular flexibility index (Phi) is 4.71. The topological polar surface area (TPSA) is 110 Å². The number of piperidine rings is 1. The van der Waals surface area contributed by atoms with Crippen molar-refractivity contribution in [3.63, 3.8) is 0 Å². The molecule has 2 heterocycles. The maximum Gasteiger partial charge on any atom is 0.239 e. The summed E-state index contributed by atoms with van der Waals surface area (Å²) in [5.74, 6) is -2.54. The molecule has 2 saturated carbocycles. The van der Waals surface area contributed by atoms with E-state index >= 15 is 0 Å². The Labute approximate surface area is 196 Å². The van der Waals surface area contributed by atoms with Gasteiger partial charge in [-0.3, -0.25) is 14.6 Å². The van der Waals surface area contributed by atoms with Gasteiger partial charge in [-0.2, -0.15) is 0 Å². The average Bonchev–Trinajstić information content (AvgIpc) is 3.40. The summed E-state index contributed by atoms with van der Waals surface area (Å²) in [7, 11) is -3.80. The first-order valence-corrected chi connectivity index (χ1v) is 13.2. The van der Waals surface area contributed by atoms with Crippen LogP contribution in [0.3, 0.4) is 0 Å². The lowest BCUT2D eigenvalue weighted by molar-refractivity contribution is -0.153. The van der Waals surface area contributed by atoms with Crippen molar-refractivity contribution in [1.82, 2.24) is 4.90 Å². The minimum absolute atomic E-state index is 0.0212. The maximum atomic E-state index is 13.8. The second-order valence-corrected chi connectivity index (χ2v) is 11.8. The molecule has 3 fully saturated rings. The second kappa shape index (κ2) is 7.46. The largest absolute Gasteiger partial charge is 0.399 e. The van der Waals surface area contributed by atoms with Gasteiger partial charge in [0.1, 0.15) is 11.7 Å². The van der Waals surface area contributed by atoms with E-state index in [0.717, 1.165) is 24.8 Å². The quantitative estimate of drug-likeness (QED) is 0.536. The average molecular weight is 482 g/mol. The van der Waals surface area contributed by atoms with E-state index in [0.29, 0.717) is 5.69 Å². The van der Waals surface area contributed by atoms with E-state index in [2.05, 4.69) is 4.99 Å². The molecule has 2 aliphatic carbocycles. The van der Waals surface area contributed by atoms with Crippen LogP contribution in [0, 0.1) is 29.5 Å². The SMILES string of the molecule is Nc1ccc2c(c1)S(=O)(=O)CC(C1C(=O)C3C([C@@H]4CC[C@H]3C4)N(Cc3ccc(F)cc3)C1=O)=N2. The Bertz CT molecular complexity index is 1350. The van der Waals surface area contributed by atoms with Crippen molar-refractivity contribution in [3.8, 4) is 0 Å². The molecule has 3 unspecified atom stereocenters. The standard InChI is InChI=1S/C25H24FN3O4S/c26-16-5-1-13(2-6-16)11-29-23-15-4-3-14(9-15)21(23)24(30)22(25(29)31)19-12-34(32,33)20-10-17(27)7-8-18(20)28-19/h1-2,5-8,10,14-15,21-23H,3-4,9,11-12,27H2/t14-,15+,21?,22?,23?/m0/s1. The Morgan fingerprint density at radius 3 is 2.56 bits per heavy atom. The molecule has 6 rings (SSSR count). The van der Waals surface area contributed by atoms with Crippen LogP contribution in [0.5, 0.6) is 0 Å². The maximum absolute atomic E-state index is 13.8. The lowest BCUT2D eigenvalue weighted by Crippen LogP contribution is -2.61. The van der Waals surface area contributed by atoms with Crippen molar-refractivity contribution in [2.75, 3.05) is 11.5 Å². The molecule has 2 aliphatic heterocycles. The second-order valence-electron chi connectivity index (χ2n) is 9.87. The summed E-state index contributed by atoms with van der Waals surface area (Å²) in [5.41, 5.74) is 7.13. The molecule has 2 aromatic carbocycles. The summed E-state index contributed by atoms with van der Waals surface area (Å²) in [6.45, 7) is 0.250. The number of rotatable bonds is 3. The van der Waals surface area contributed by atoms with E-state index in [-0.39, 0.29) is 58.2 Å². The highest BCUT2D eigenvalue weighted by atomic mass is 32.2. The predicted octanol–water partition coefficient (Wildman–Crippen LogP) is 2.91. The number of fused-ring (bicyclic) bond motifs is 6. The molecule has 2 aromatic rings. The third kappa shape index (κ3) is 3.20. The molecule has 34 heavy (non-hydrogen) atoms. The van der Waals surface area contributed by atoms with Crippen molar-refractivity contribution >= 4 is 38.6 Å². The normalized spacial score (nSPS) is 31.3. The van der Waals surface area contributed by atoms with E-state index in [1.54, 1.807) is 23.1 Å². The van der Waals surface area contributed by atoms with Gasteiger partial charge in [-0.1, -0.05) is 12.1 Å². The van der Waals surface area contributed by atoms with E-state index in [9.17, 15) is 22.4 Å². The van der Waals surface area contributed by atoms with E-state index in [1.807, 2.05) is 0 Å². The fourth-order valence-electron chi connectivity index (χ4n) is 6.49. The zero-order valence-electron chi connectivity index (χ0n) is 18.4. The number of aliphatic imine (C=N–C) groups is 1. The minimum Gasteiger partial charge on any atom is -0.399 e. The number of halogens is 1. The first kappa shape index (κ1) is 21.5. The molecule has 7 nitrogen and oxygen atoms in total. The smallest absolute Gasteiger partial charge is 0.239 e. The Hall–Kier alpha value is -3.07. The molecular formula is C25H24FN3O4S.